The number of ether oxygens (including phenoxy) is 1. The van der Waals surface area contributed by atoms with Crippen LogP contribution in [0.4, 0.5) is 10.5 Å². The van der Waals surface area contributed by atoms with Crippen molar-refractivity contribution in [2.45, 2.75) is 112 Å². The quantitative estimate of drug-likeness (QED) is 0.213. The summed E-state index contributed by atoms with van der Waals surface area (Å²) in [6.07, 6.45) is 4.90. The summed E-state index contributed by atoms with van der Waals surface area (Å²) in [6.45, 7) is 15.6. The third-order valence-electron chi connectivity index (χ3n) is 7.45. The molecular weight excluding hydrogens is 550 g/mol. The van der Waals surface area contributed by atoms with Gasteiger partial charge in [0.05, 0.1) is 10.7 Å². The number of para-hydroxylation sites is 1. The Balaban J connectivity index is 2.60. The summed E-state index contributed by atoms with van der Waals surface area (Å²) in [6, 6.07) is 11.2. The number of nitrogens with one attached hydrogen (secondary N) is 2. The van der Waals surface area contributed by atoms with Gasteiger partial charge >= 0.3 is 6.09 Å². The Kier molecular flexibility index (Phi) is 13.8. The number of aryl methyl sites for hydroxylation is 2. The van der Waals surface area contributed by atoms with Crippen LogP contribution in [-0.2, 0) is 14.3 Å². The number of anilines is 1. The van der Waals surface area contributed by atoms with Crippen molar-refractivity contribution in [1.82, 2.24) is 10.2 Å². The molecule has 7 nitrogen and oxygen atoms in total. The number of carbonyl (C=O) groups excluding carboxylic acids is 3. The van der Waals surface area contributed by atoms with Gasteiger partial charge in [0.25, 0.3) is 5.91 Å². The van der Waals surface area contributed by atoms with Crippen molar-refractivity contribution in [3.05, 3.63) is 64.2 Å². The summed E-state index contributed by atoms with van der Waals surface area (Å²) in [7, 11) is 0. The van der Waals surface area contributed by atoms with Crippen LogP contribution in [0.25, 0.3) is 0 Å². The van der Waals surface area contributed by atoms with E-state index in [-0.39, 0.29) is 17.7 Å². The number of amides is 3. The molecule has 0 radical (unpaired) electrons. The van der Waals surface area contributed by atoms with Gasteiger partial charge in [-0.05, 0) is 69.7 Å². The molecule has 0 saturated heterocycles. The molecule has 0 aromatic heterocycles. The van der Waals surface area contributed by atoms with Gasteiger partial charge in [-0.1, -0.05) is 101 Å². The van der Waals surface area contributed by atoms with E-state index in [1.165, 1.54) is 0 Å². The van der Waals surface area contributed by atoms with E-state index in [0.29, 0.717) is 23.7 Å². The molecule has 0 spiro atoms. The molecule has 0 aliphatic heterocycles. The molecule has 2 N–H and O–H groups in total. The molecule has 3 amide bonds. The maximum absolute atomic E-state index is 14.5. The maximum Gasteiger partial charge on any atom is 0.408 e. The SMILES string of the molecule is CCCCCCCN(C(=O)C(NC(=O)OC(C)(C)C)C(C)CC)C(C(=O)Nc1c(C)cccc1Cl)c1ccccc1C. The Morgan fingerprint density at radius 1 is 0.929 bits per heavy atom. The van der Waals surface area contributed by atoms with Crippen LogP contribution in [0.1, 0.15) is 103 Å². The van der Waals surface area contributed by atoms with Crippen LogP contribution >= 0.6 is 11.6 Å². The van der Waals surface area contributed by atoms with Gasteiger partial charge in [0.2, 0.25) is 5.91 Å². The van der Waals surface area contributed by atoms with Crippen molar-refractivity contribution in [3.8, 4) is 0 Å². The van der Waals surface area contributed by atoms with Crippen molar-refractivity contribution in [3.63, 3.8) is 0 Å². The van der Waals surface area contributed by atoms with Crippen LogP contribution < -0.4 is 10.6 Å². The van der Waals surface area contributed by atoms with Crippen molar-refractivity contribution in [2.24, 2.45) is 5.92 Å². The van der Waals surface area contributed by atoms with Gasteiger partial charge in [0, 0.05) is 6.54 Å². The van der Waals surface area contributed by atoms with Crippen molar-refractivity contribution < 1.29 is 19.1 Å². The molecule has 42 heavy (non-hydrogen) atoms. The zero-order chi connectivity index (χ0) is 31.4. The molecule has 3 unspecified atom stereocenters. The summed E-state index contributed by atoms with van der Waals surface area (Å²) in [4.78, 5) is 43.3. The Morgan fingerprint density at radius 3 is 2.17 bits per heavy atom. The van der Waals surface area contributed by atoms with E-state index in [1.807, 2.05) is 64.1 Å². The van der Waals surface area contributed by atoms with Gasteiger partial charge in [0.15, 0.2) is 0 Å². The lowest BCUT2D eigenvalue weighted by atomic mass is 9.94. The number of rotatable bonds is 14. The average molecular weight is 600 g/mol. The normalized spacial score (nSPS) is 13.5. The second-order valence-corrected chi connectivity index (χ2v) is 12.5. The number of hydrogen-bond acceptors (Lipinski definition) is 4. The van der Waals surface area contributed by atoms with E-state index in [0.717, 1.165) is 48.8 Å². The first-order chi connectivity index (χ1) is 19.8. The van der Waals surface area contributed by atoms with E-state index in [4.69, 9.17) is 16.3 Å². The predicted octanol–water partition coefficient (Wildman–Crippen LogP) is 8.38. The zero-order valence-electron chi connectivity index (χ0n) is 26.7. The van der Waals surface area contributed by atoms with E-state index < -0.39 is 23.8 Å². The van der Waals surface area contributed by atoms with Crippen molar-refractivity contribution >= 4 is 35.2 Å². The lowest BCUT2D eigenvalue weighted by molar-refractivity contribution is -0.142. The second-order valence-electron chi connectivity index (χ2n) is 12.1. The molecule has 0 aliphatic carbocycles. The highest BCUT2D eigenvalue weighted by Crippen LogP contribution is 2.31. The van der Waals surface area contributed by atoms with Gasteiger partial charge < -0.3 is 20.3 Å². The van der Waals surface area contributed by atoms with Crippen LogP contribution in [0.15, 0.2) is 42.5 Å². The van der Waals surface area contributed by atoms with Crippen LogP contribution in [-0.4, -0.2) is 41.0 Å². The molecule has 8 heteroatoms. The molecular formula is C34H50ClN3O4. The Hall–Kier alpha value is -3.06. The molecule has 0 saturated carbocycles. The first kappa shape index (κ1) is 35.1. The maximum atomic E-state index is 14.5. The standard InChI is InChI=1S/C34H50ClN3O4/c1-9-11-12-13-16-22-38(32(40)29(23(3)10-2)37-33(41)42-34(6,7)8)30(26-20-15-14-18-24(26)4)31(39)36-28-25(5)19-17-21-27(28)35/h14-15,17-21,23,29-30H,9-13,16,22H2,1-8H3,(H,36,39)(H,37,41). The minimum atomic E-state index is -0.937. The highest BCUT2D eigenvalue weighted by atomic mass is 35.5. The third kappa shape index (κ3) is 10.3. The highest BCUT2D eigenvalue weighted by molar-refractivity contribution is 6.34. The van der Waals surface area contributed by atoms with Crippen molar-refractivity contribution in [1.29, 1.82) is 0 Å². The topological polar surface area (TPSA) is 87.7 Å². The van der Waals surface area contributed by atoms with E-state index in [9.17, 15) is 14.4 Å². The Labute approximate surface area is 257 Å². The summed E-state index contributed by atoms with van der Waals surface area (Å²) >= 11 is 6.49. The number of hydrogen-bond donors (Lipinski definition) is 2. The summed E-state index contributed by atoms with van der Waals surface area (Å²) in [5.74, 6) is -0.869. The highest BCUT2D eigenvalue weighted by Gasteiger charge is 2.38. The average Bonchev–Trinajstić information content (AvgIpc) is 2.92. The molecule has 0 bridgehead atoms. The Bertz CT molecular complexity index is 1170. The van der Waals surface area contributed by atoms with Crippen LogP contribution in [0.3, 0.4) is 0 Å². The van der Waals surface area contributed by atoms with Gasteiger partial charge in [-0.3, -0.25) is 9.59 Å². The zero-order valence-corrected chi connectivity index (χ0v) is 27.4. The lowest BCUT2D eigenvalue weighted by Gasteiger charge is -2.36. The lowest BCUT2D eigenvalue weighted by Crippen LogP contribution is -2.55. The molecule has 0 aliphatic rings. The molecule has 0 heterocycles. The van der Waals surface area contributed by atoms with Crippen LogP contribution in [0.2, 0.25) is 5.02 Å². The first-order valence-electron chi connectivity index (χ1n) is 15.2. The predicted molar refractivity (Wildman–Crippen MR) is 172 cm³/mol. The van der Waals surface area contributed by atoms with Gasteiger partial charge in [-0.25, -0.2) is 4.79 Å². The number of alkyl carbamates (subject to hydrolysis) is 1. The van der Waals surface area contributed by atoms with E-state index in [2.05, 4.69) is 17.6 Å². The monoisotopic (exact) mass is 599 g/mol. The van der Waals surface area contributed by atoms with Gasteiger partial charge in [-0.15, -0.1) is 0 Å². The van der Waals surface area contributed by atoms with E-state index in [1.54, 1.807) is 31.7 Å². The summed E-state index contributed by atoms with van der Waals surface area (Å²) in [5, 5.41) is 6.29. The number of carbonyl (C=O) groups is 3. The minimum Gasteiger partial charge on any atom is -0.444 e. The molecule has 2 aromatic carbocycles. The molecule has 232 valence electrons. The minimum absolute atomic E-state index is 0.195. The van der Waals surface area contributed by atoms with Crippen LogP contribution in [0, 0.1) is 19.8 Å². The fraction of sp³-hybridized carbons (Fsp3) is 0.559. The number of benzene rings is 2. The van der Waals surface area contributed by atoms with Gasteiger partial charge in [-0.2, -0.15) is 0 Å². The largest absolute Gasteiger partial charge is 0.444 e. The fourth-order valence-electron chi connectivity index (χ4n) is 4.87. The molecule has 2 aromatic rings. The Morgan fingerprint density at radius 2 is 1.57 bits per heavy atom. The number of halogens is 1. The number of unbranched alkanes of at least 4 members (excludes halogenated alkanes) is 4. The molecule has 3 atom stereocenters. The number of nitrogens with zero attached hydrogens (tertiary/aromatic N) is 1. The molecule has 0 fully saturated rings. The summed E-state index contributed by atoms with van der Waals surface area (Å²) < 4.78 is 5.52. The van der Waals surface area contributed by atoms with Crippen molar-refractivity contribution in [2.75, 3.05) is 11.9 Å². The van der Waals surface area contributed by atoms with E-state index >= 15 is 0 Å². The van der Waals surface area contributed by atoms with Crippen LogP contribution in [0.5, 0.6) is 0 Å². The third-order valence-corrected chi connectivity index (χ3v) is 7.77. The summed E-state index contributed by atoms with van der Waals surface area (Å²) in [5.41, 5.74) is 2.23. The van der Waals surface area contributed by atoms with Gasteiger partial charge in [0.1, 0.15) is 17.7 Å². The molecule has 2 rings (SSSR count). The first-order valence-corrected chi connectivity index (χ1v) is 15.6. The smallest absolute Gasteiger partial charge is 0.408 e. The fourth-order valence-corrected chi connectivity index (χ4v) is 5.14. The second kappa shape index (κ2) is 16.5.